The predicted molar refractivity (Wildman–Crippen MR) is 117 cm³/mol. The SMILES string of the molecule is OCC1CC(O)CCN1Cc1ccc(CNc2ccc(C3=COCCO3)cc2)cc1. The molecule has 2 heterocycles. The van der Waals surface area contributed by atoms with Crippen molar-refractivity contribution in [3.05, 3.63) is 71.5 Å². The van der Waals surface area contributed by atoms with Gasteiger partial charge in [0, 0.05) is 36.9 Å². The van der Waals surface area contributed by atoms with Gasteiger partial charge >= 0.3 is 0 Å². The number of anilines is 1. The normalized spacial score (nSPS) is 22.0. The second kappa shape index (κ2) is 9.98. The molecular formula is C24H30N2O4. The minimum atomic E-state index is -0.291. The van der Waals surface area contributed by atoms with Crippen LogP contribution in [0.4, 0.5) is 5.69 Å². The molecular weight excluding hydrogens is 380 g/mol. The lowest BCUT2D eigenvalue weighted by Gasteiger charge is -2.36. The van der Waals surface area contributed by atoms with Crippen molar-refractivity contribution in [3.8, 4) is 0 Å². The predicted octanol–water partition coefficient (Wildman–Crippen LogP) is 2.96. The van der Waals surface area contributed by atoms with Crippen molar-refractivity contribution in [1.82, 2.24) is 4.90 Å². The van der Waals surface area contributed by atoms with E-state index in [1.807, 2.05) is 24.3 Å². The fourth-order valence-corrected chi connectivity index (χ4v) is 3.95. The highest BCUT2D eigenvalue weighted by Crippen LogP contribution is 2.22. The molecule has 0 amide bonds. The number of rotatable bonds is 7. The Hall–Kier alpha value is -2.54. The number of hydrogen-bond acceptors (Lipinski definition) is 6. The Labute approximate surface area is 177 Å². The summed E-state index contributed by atoms with van der Waals surface area (Å²) in [6.07, 6.45) is 2.80. The number of nitrogens with one attached hydrogen (secondary N) is 1. The number of benzene rings is 2. The number of ether oxygens (including phenoxy) is 2. The Morgan fingerprint density at radius 1 is 1.00 bits per heavy atom. The second-order valence-electron chi connectivity index (χ2n) is 7.93. The van der Waals surface area contributed by atoms with E-state index in [0.29, 0.717) is 19.6 Å². The third-order valence-electron chi connectivity index (χ3n) is 5.74. The van der Waals surface area contributed by atoms with Crippen LogP contribution >= 0.6 is 0 Å². The first-order valence-corrected chi connectivity index (χ1v) is 10.6. The maximum absolute atomic E-state index is 9.81. The number of likely N-dealkylation sites (tertiary alicyclic amines) is 1. The second-order valence-corrected chi connectivity index (χ2v) is 7.93. The average molecular weight is 411 g/mol. The highest BCUT2D eigenvalue weighted by Gasteiger charge is 2.26. The maximum Gasteiger partial charge on any atom is 0.161 e. The first-order chi connectivity index (χ1) is 14.7. The van der Waals surface area contributed by atoms with E-state index in [2.05, 4.69) is 34.5 Å². The topological polar surface area (TPSA) is 74.2 Å². The summed E-state index contributed by atoms with van der Waals surface area (Å²) in [6.45, 7) is 3.65. The van der Waals surface area contributed by atoms with E-state index >= 15 is 0 Å². The van der Waals surface area contributed by atoms with Crippen LogP contribution in [0.1, 0.15) is 29.5 Å². The van der Waals surface area contributed by atoms with Crippen LogP contribution in [-0.4, -0.2) is 53.6 Å². The van der Waals surface area contributed by atoms with Crippen LogP contribution in [0.5, 0.6) is 0 Å². The van der Waals surface area contributed by atoms with Gasteiger partial charge in [-0.1, -0.05) is 24.3 Å². The van der Waals surface area contributed by atoms with E-state index < -0.39 is 0 Å². The molecule has 3 N–H and O–H groups in total. The average Bonchev–Trinajstić information content (AvgIpc) is 2.80. The largest absolute Gasteiger partial charge is 0.494 e. The van der Waals surface area contributed by atoms with Gasteiger partial charge in [-0.05, 0) is 48.2 Å². The van der Waals surface area contributed by atoms with Crippen LogP contribution in [-0.2, 0) is 22.6 Å². The fourth-order valence-electron chi connectivity index (χ4n) is 3.95. The molecule has 6 nitrogen and oxygen atoms in total. The molecule has 0 spiro atoms. The Kier molecular flexibility index (Phi) is 6.89. The molecule has 6 heteroatoms. The van der Waals surface area contributed by atoms with Crippen LogP contribution in [0.3, 0.4) is 0 Å². The molecule has 2 unspecified atom stereocenters. The summed E-state index contributed by atoms with van der Waals surface area (Å²) in [6, 6.07) is 16.8. The van der Waals surface area contributed by atoms with Crippen molar-refractivity contribution in [2.45, 2.75) is 38.1 Å². The first kappa shape index (κ1) is 20.7. The van der Waals surface area contributed by atoms with Crippen LogP contribution in [0.2, 0.25) is 0 Å². The highest BCUT2D eigenvalue weighted by atomic mass is 16.6. The van der Waals surface area contributed by atoms with Gasteiger partial charge in [0.2, 0.25) is 0 Å². The molecule has 0 aliphatic carbocycles. The molecule has 2 aliphatic rings. The summed E-state index contributed by atoms with van der Waals surface area (Å²) in [5.74, 6) is 0.773. The van der Waals surface area contributed by atoms with Gasteiger partial charge in [0.25, 0.3) is 0 Å². The molecule has 2 aliphatic heterocycles. The third kappa shape index (κ3) is 5.33. The van der Waals surface area contributed by atoms with Crippen molar-refractivity contribution < 1.29 is 19.7 Å². The number of nitrogens with zero attached hydrogens (tertiary/aromatic N) is 1. The van der Waals surface area contributed by atoms with Crippen molar-refractivity contribution in [2.75, 3.05) is 31.7 Å². The van der Waals surface area contributed by atoms with Gasteiger partial charge in [-0.3, -0.25) is 4.90 Å². The Morgan fingerprint density at radius 2 is 1.77 bits per heavy atom. The summed E-state index contributed by atoms with van der Waals surface area (Å²) in [5.41, 5.74) is 4.50. The van der Waals surface area contributed by atoms with Crippen molar-refractivity contribution >= 4 is 11.4 Å². The van der Waals surface area contributed by atoms with E-state index in [1.165, 1.54) is 11.1 Å². The summed E-state index contributed by atoms with van der Waals surface area (Å²) >= 11 is 0. The Morgan fingerprint density at radius 3 is 2.47 bits per heavy atom. The lowest BCUT2D eigenvalue weighted by Crippen LogP contribution is -2.45. The number of hydrogen-bond donors (Lipinski definition) is 3. The third-order valence-corrected chi connectivity index (χ3v) is 5.74. The van der Waals surface area contributed by atoms with Crippen LogP contribution in [0, 0.1) is 0 Å². The quantitative estimate of drug-likeness (QED) is 0.652. The highest BCUT2D eigenvalue weighted by molar-refractivity contribution is 5.62. The van der Waals surface area contributed by atoms with E-state index in [1.54, 1.807) is 6.26 Å². The molecule has 0 saturated carbocycles. The molecule has 0 aromatic heterocycles. The van der Waals surface area contributed by atoms with Crippen molar-refractivity contribution in [3.63, 3.8) is 0 Å². The van der Waals surface area contributed by atoms with E-state index in [-0.39, 0.29) is 18.8 Å². The molecule has 4 rings (SSSR count). The van der Waals surface area contributed by atoms with Crippen LogP contribution in [0.25, 0.3) is 5.76 Å². The van der Waals surface area contributed by atoms with E-state index in [0.717, 1.165) is 43.1 Å². The molecule has 0 radical (unpaired) electrons. The minimum Gasteiger partial charge on any atom is -0.494 e. The zero-order chi connectivity index (χ0) is 20.8. The lowest BCUT2D eigenvalue weighted by molar-refractivity contribution is 0.0129. The van der Waals surface area contributed by atoms with E-state index in [4.69, 9.17) is 9.47 Å². The van der Waals surface area contributed by atoms with Crippen LogP contribution < -0.4 is 5.32 Å². The molecule has 2 aromatic carbocycles. The Bertz CT molecular complexity index is 835. The fraction of sp³-hybridized carbons (Fsp3) is 0.417. The van der Waals surface area contributed by atoms with Gasteiger partial charge in [0.1, 0.15) is 19.5 Å². The minimum absolute atomic E-state index is 0.0411. The standard InChI is InChI=1S/C24H30N2O4/c27-16-22-13-23(28)9-10-26(22)15-19-3-1-18(2-4-19)14-25-21-7-5-20(6-8-21)24-17-29-11-12-30-24/h1-8,17,22-23,25,27-28H,9-16H2. The summed E-state index contributed by atoms with van der Waals surface area (Å²) in [4.78, 5) is 2.26. The molecule has 1 fully saturated rings. The number of aliphatic hydroxyl groups excluding tert-OH is 2. The first-order valence-electron chi connectivity index (χ1n) is 10.6. The monoisotopic (exact) mass is 410 g/mol. The summed E-state index contributed by atoms with van der Waals surface area (Å²) in [5, 5.41) is 22.8. The smallest absolute Gasteiger partial charge is 0.161 e. The maximum atomic E-state index is 9.81. The van der Waals surface area contributed by atoms with Gasteiger partial charge in [0.05, 0.1) is 12.7 Å². The molecule has 1 saturated heterocycles. The molecule has 160 valence electrons. The van der Waals surface area contributed by atoms with Crippen molar-refractivity contribution in [2.24, 2.45) is 0 Å². The summed E-state index contributed by atoms with van der Waals surface area (Å²) < 4.78 is 10.9. The summed E-state index contributed by atoms with van der Waals surface area (Å²) in [7, 11) is 0. The van der Waals surface area contributed by atoms with Gasteiger partial charge in [0.15, 0.2) is 5.76 Å². The van der Waals surface area contributed by atoms with Crippen LogP contribution in [0.15, 0.2) is 54.8 Å². The molecule has 0 bridgehead atoms. The lowest BCUT2D eigenvalue weighted by atomic mass is 9.99. The Balaban J connectivity index is 1.29. The van der Waals surface area contributed by atoms with Gasteiger partial charge in [-0.2, -0.15) is 0 Å². The van der Waals surface area contributed by atoms with Gasteiger partial charge in [-0.15, -0.1) is 0 Å². The molecule has 2 aromatic rings. The van der Waals surface area contributed by atoms with Gasteiger partial charge < -0.3 is 25.0 Å². The number of aliphatic hydroxyl groups is 2. The molecule has 2 atom stereocenters. The molecule has 30 heavy (non-hydrogen) atoms. The number of piperidine rings is 1. The van der Waals surface area contributed by atoms with Gasteiger partial charge in [-0.25, -0.2) is 0 Å². The van der Waals surface area contributed by atoms with E-state index in [9.17, 15) is 10.2 Å². The zero-order valence-electron chi connectivity index (χ0n) is 17.2. The van der Waals surface area contributed by atoms with Crippen molar-refractivity contribution in [1.29, 1.82) is 0 Å². The zero-order valence-corrected chi connectivity index (χ0v) is 17.2.